The van der Waals surface area contributed by atoms with E-state index in [1.165, 1.54) is 128 Å². The van der Waals surface area contributed by atoms with Crippen LogP contribution < -0.4 is 0 Å². The molecule has 0 radical (unpaired) electrons. The van der Waals surface area contributed by atoms with Gasteiger partial charge in [0.15, 0.2) is 6.10 Å². The molecule has 0 saturated carbocycles. The Kier molecular flexibility index (Phi) is 62.3. The number of carbonyl (C=O) groups excluding carboxylic acids is 3. The van der Waals surface area contributed by atoms with E-state index in [-0.39, 0.29) is 37.5 Å². The summed E-state index contributed by atoms with van der Waals surface area (Å²) in [7, 11) is 0. The molecule has 0 N–H and O–H groups in total. The van der Waals surface area contributed by atoms with Crippen LogP contribution in [-0.4, -0.2) is 37.2 Å². The number of allylic oxidation sites excluding steroid dienone is 22. The highest BCUT2D eigenvalue weighted by Gasteiger charge is 2.19. The lowest BCUT2D eigenvalue weighted by atomic mass is 10.1. The molecule has 0 amide bonds. The summed E-state index contributed by atoms with van der Waals surface area (Å²) >= 11 is 0. The molecule has 0 heterocycles. The van der Waals surface area contributed by atoms with E-state index in [1.54, 1.807) is 0 Å². The number of unbranched alkanes of at least 4 members (excludes halogenated alkanes) is 25. The van der Waals surface area contributed by atoms with Gasteiger partial charge in [-0.05, 0) is 135 Å². The Balaban J connectivity index is 4.53. The quantitative estimate of drug-likeness (QED) is 0.0261. The average Bonchev–Trinajstić information content (AvgIpc) is 3.45. The molecule has 0 bridgehead atoms. The third kappa shape index (κ3) is 64.3. The number of esters is 3. The molecular weight excluding hydrogens is 973 g/mol. The van der Waals surface area contributed by atoms with Crippen LogP contribution >= 0.6 is 0 Å². The van der Waals surface area contributed by atoms with Crippen LogP contribution in [0.4, 0.5) is 0 Å². The van der Waals surface area contributed by atoms with Crippen LogP contribution in [0, 0.1) is 0 Å². The number of ether oxygens (including phenoxy) is 3. The van der Waals surface area contributed by atoms with Crippen LogP contribution in [0.1, 0.15) is 290 Å². The van der Waals surface area contributed by atoms with Crippen molar-refractivity contribution < 1.29 is 28.6 Å². The standard InChI is InChI=1S/C73H120O6/c1-4-7-10-13-16-19-22-25-28-31-33-35-36-38-39-42-45-48-51-54-57-60-63-66-72(75)78-69-70(68-77-71(74)65-62-59-56-53-50-47-44-41-30-27-24-21-18-15-12-9-6-3)79-73(76)67-64-61-58-55-52-49-46-43-40-37-34-32-29-26-23-20-17-14-11-8-5-2/h7,10,16,19,23,25-28,30,32-35,38-40,43,45,48,54,57,70H,4-6,8-9,11-15,17-18,20-22,24,29,31,36-37,41-42,44,46-47,49-53,55-56,58-69H2,1-3H3/b10-7-,19-16-,26-23-,28-25-,30-27-,34-32-,35-33-,39-38-,43-40-,48-45-,57-54-. The van der Waals surface area contributed by atoms with E-state index in [9.17, 15) is 14.4 Å². The number of rotatable bonds is 58. The first-order valence-electron chi connectivity index (χ1n) is 32.7. The van der Waals surface area contributed by atoms with E-state index in [0.29, 0.717) is 19.3 Å². The monoisotopic (exact) mass is 1090 g/mol. The Hall–Kier alpha value is -4.45. The molecular formula is C73H120O6. The highest BCUT2D eigenvalue weighted by atomic mass is 16.6. The van der Waals surface area contributed by atoms with Crippen molar-refractivity contribution in [1.29, 1.82) is 0 Å². The highest BCUT2D eigenvalue weighted by molar-refractivity contribution is 5.71. The molecule has 0 saturated heterocycles. The molecule has 1 atom stereocenters. The minimum absolute atomic E-state index is 0.107. The van der Waals surface area contributed by atoms with Crippen LogP contribution in [0.15, 0.2) is 134 Å². The first-order chi connectivity index (χ1) is 39.0. The normalized spacial score (nSPS) is 13.0. The van der Waals surface area contributed by atoms with Crippen LogP contribution in [0.3, 0.4) is 0 Å². The van der Waals surface area contributed by atoms with Crippen molar-refractivity contribution in [2.24, 2.45) is 0 Å². The summed E-state index contributed by atoms with van der Waals surface area (Å²) in [5, 5.41) is 0. The summed E-state index contributed by atoms with van der Waals surface area (Å²) in [6.45, 7) is 6.46. The second-order valence-electron chi connectivity index (χ2n) is 21.3. The molecule has 0 aromatic carbocycles. The summed E-state index contributed by atoms with van der Waals surface area (Å²) in [5.74, 6) is -0.983. The van der Waals surface area contributed by atoms with Crippen molar-refractivity contribution in [2.45, 2.75) is 297 Å². The van der Waals surface area contributed by atoms with Gasteiger partial charge >= 0.3 is 17.9 Å². The predicted octanol–water partition coefficient (Wildman–Crippen LogP) is 22.5. The van der Waals surface area contributed by atoms with Crippen molar-refractivity contribution in [3.63, 3.8) is 0 Å². The van der Waals surface area contributed by atoms with Gasteiger partial charge in [-0.15, -0.1) is 0 Å². The molecule has 0 aromatic rings. The molecule has 0 aliphatic rings. The summed E-state index contributed by atoms with van der Waals surface area (Å²) < 4.78 is 16.9. The van der Waals surface area contributed by atoms with Crippen molar-refractivity contribution in [3.05, 3.63) is 134 Å². The smallest absolute Gasteiger partial charge is 0.306 e. The van der Waals surface area contributed by atoms with E-state index in [4.69, 9.17) is 14.2 Å². The third-order valence-corrected chi connectivity index (χ3v) is 13.6. The van der Waals surface area contributed by atoms with Gasteiger partial charge in [0.2, 0.25) is 0 Å². The molecule has 0 aliphatic carbocycles. The van der Waals surface area contributed by atoms with Gasteiger partial charge < -0.3 is 14.2 Å². The molecule has 448 valence electrons. The fourth-order valence-corrected chi connectivity index (χ4v) is 8.73. The Labute approximate surface area is 487 Å². The van der Waals surface area contributed by atoms with E-state index in [1.807, 2.05) is 0 Å². The summed E-state index contributed by atoms with van der Waals surface area (Å²) in [5.41, 5.74) is 0. The van der Waals surface area contributed by atoms with Crippen LogP contribution in [-0.2, 0) is 28.6 Å². The van der Waals surface area contributed by atoms with Crippen LogP contribution in [0.25, 0.3) is 0 Å². The summed E-state index contributed by atoms with van der Waals surface area (Å²) in [4.78, 5) is 38.4. The zero-order valence-corrected chi connectivity index (χ0v) is 51.3. The molecule has 0 aromatic heterocycles. The van der Waals surface area contributed by atoms with Crippen molar-refractivity contribution in [1.82, 2.24) is 0 Å². The van der Waals surface area contributed by atoms with E-state index >= 15 is 0 Å². The Bertz CT molecular complexity index is 1680. The van der Waals surface area contributed by atoms with Gasteiger partial charge in [-0.3, -0.25) is 14.4 Å². The lowest BCUT2D eigenvalue weighted by Crippen LogP contribution is -2.30. The molecule has 1 unspecified atom stereocenters. The first-order valence-corrected chi connectivity index (χ1v) is 32.7. The first kappa shape index (κ1) is 74.5. The fourth-order valence-electron chi connectivity index (χ4n) is 8.73. The molecule has 0 rings (SSSR count). The SMILES string of the molecule is CC/C=C\C/C=C\C/C=C\C/C=C\C/C=C\C/C=C\C/C=C\CCCC(=O)OCC(COC(=O)CCCCCCCCC/C=C\CCCCCCCC)OC(=O)CCCCCCCC/C=C\C/C=C\C/C=C\CCCCCCC. The van der Waals surface area contributed by atoms with E-state index < -0.39 is 6.10 Å². The molecule has 6 nitrogen and oxygen atoms in total. The zero-order valence-electron chi connectivity index (χ0n) is 51.3. The van der Waals surface area contributed by atoms with E-state index in [0.717, 1.165) is 116 Å². The van der Waals surface area contributed by atoms with Crippen molar-refractivity contribution in [3.8, 4) is 0 Å². The molecule has 79 heavy (non-hydrogen) atoms. The maximum absolute atomic E-state index is 12.9. The fraction of sp³-hybridized carbons (Fsp3) is 0.658. The molecule has 6 heteroatoms. The minimum atomic E-state index is -0.817. The zero-order chi connectivity index (χ0) is 57.1. The van der Waals surface area contributed by atoms with E-state index in [2.05, 4.69) is 154 Å². The van der Waals surface area contributed by atoms with Crippen LogP contribution in [0.5, 0.6) is 0 Å². The molecule has 0 fully saturated rings. The lowest BCUT2D eigenvalue weighted by molar-refractivity contribution is -0.167. The van der Waals surface area contributed by atoms with Gasteiger partial charge in [-0.2, -0.15) is 0 Å². The van der Waals surface area contributed by atoms with Gasteiger partial charge in [0, 0.05) is 19.3 Å². The topological polar surface area (TPSA) is 78.9 Å². The van der Waals surface area contributed by atoms with Crippen LogP contribution in [0.2, 0.25) is 0 Å². The average molecular weight is 1090 g/mol. The Morgan fingerprint density at radius 3 is 0.835 bits per heavy atom. The number of carbonyl (C=O) groups is 3. The largest absolute Gasteiger partial charge is 0.462 e. The van der Waals surface area contributed by atoms with Crippen molar-refractivity contribution >= 4 is 17.9 Å². The maximum atomic E-state index is 12.9. The lowest BCUT2D eigenvalue weighted by Gasteiger charge is -2.18. The second kappa shape index (κ2) is 66.1. The summed E-state index contributed by atoms with van der Waals surface area (Å²) in [6.07, 6.45) is 93.1. The second-order valence-corrected chi connectivity index (χ2v) is 21.3. The molecule has 0 aliphatic heterocycles. The third-order valence-electron chi connectivity index (χ3n) is 13.6. The highest BCUT2D eigenvalue weighted by Crippen LogP contribution is 2.14. The van der Waals surface area contributed by atoms with Crippen molar-refractivity contribution in [2.75, 3.05) is 13.2 Å². The summed E-state index contributed by atoms with van der Waals surface area (Å²) in [6, 6.07) is 0. The minimum Gasteiger partial charge on any atom is -0.462 e. The Morgan fingerprint density at radius 2 is 0.506 bits per heavy atom. The van der Waals surface area contributed by atoms with Gasteiger partial charge in [0.25, 0.3) is 0 Å². The molecule has 0 spiro atoms. The number of hydrogen-bond acceptors (Lipinski definition) is 6. The van der Waals surface area contributed by atoms with Gasteiger partial charge in [0.05, 0.1) is 0 Å². The van der Waals surface area contributed by atoms with Gasteiger partial charge in [-0.25, -0.2) is 0 Å². The van der Waals surface area contributed by atoms with Gasteiger partial charge in [0.1, 0.15) is 13.2 Å². The Morgan fingerprint density at radius 1 is 0.266 bits per heavy atom. The maximum Gasteiger partial charge on any atom is 0.306 e. The number of hydrogen-bond donors (Lipinski definition) is 0. The predicted molar refractivity (Wildman–Crippen MR) is 343 cm³/mol. The van der Waals surface area contributed by atoms with Gasteiger partial charge in [-0.1, -0.05) is 270 Å².